The first-order valence-electron chi connectivity index (χ1n) is 8.56. The van der Waals surface area contributed by atoms with Gasteiger partial charge in [-0.25, -0.2) is 9.97 Å². The highest BCUT2D eigenvalue weighted by Crippen LogP contribution is 2.27. The van der Waals surface area contributed by atoms with Crippen molar-refractivity contribution in [2.45, 2.75) is 12.8 Å². The van der Waals surface area contributed by atoms with Gasteiger partial charge in [-0.15, -0.1) is 0 Å². The average molecular weight is 344 g/mol. The molecule has 4 aromatic rings. The third kappa shape index (κ3) is 2.38. The SMILES string of the molecule is O=C1CCCN1c1cccc(-n2cnc3cc(-c4ccoc4)cnc32)c1. The normalized spacial score (nSPS) is 14.5. The van der Waals surface area contributed by atoms with E-state index in [9.17, 15) is 4.79 Å². The van der Waals surface area contributed by atoms with E-state index >= 15 is 0 Å². The molecule has 0 N–H and O–H groups in total. The highest BCUT2D eigenvalue weighted by molar-refractivity contribution is 5.95. The molecule has 0 bridgehead atoms. The largest absolute Gasteiger partial charge is 0.472 e. The Bertz CT molecular complexity index is 1100. The highest BCUT2D eigenvalue weighted by atomic mass is 16.3. The summed E-state index contributed by atoms with van der Waals surface area (Å²) in [6, 6.07) is 11.8. The molecule has 5 rings (SSSR count). The van der Waals surface area contributed by atoms with E-state index < -0.39 is 0 Å². The van der Waals surface area contributed by atoms with Crippen LogP contribution >= 0.6 is 0 Å². The van der Waals surface area contributed by atoms with Crippen LogP contribution in [0.5, 0.6) is 0 Å². The van der Waals surface area contributed by atoms with Crippen molar-refractivity contribution in [3.63, 3.8) is 0 Å². The Morgan fingerprint density at radius 1 is 1.04 bits per heavy atom. The Morgan fingerprint density at radius 2 is 1.96 bits per heavy atom. The number of benzene rings is 1. The molecule has 4 heterocycles. The van der Waals surface area contributed by atoms with Crippen LogP contribution in [-0.2, 0) is 4.79 Å². The lowest BCUT2D eigenvalue weighted by Crippen LogP contribution is -2.23. The Kier molecular flexibility index (Phi) is 3.35. The third-order valence-corrected chi connectivity index (χ3v) is 4.74. The van der Waals surface area contributed by atoms with Crippen molar-refractivity contribution in [2.24, 2.45) is 0 Å². The summed E-state index contributed by atoms with van der Waals surface area (Å²) in [5.41, 5.74) is 5.39. The minimum atomic E-state index is 0.181. The lowest BCUT2D eigenvalue weighted by atomic mass is 10.1. The first-order valence-corrected chi connectivity index (χ1v) is 8.56. The average Bonchev–Trinajstić information content (AvgIpc) is 3.41. The number of amides is 1. The molecular weight excluding hydrogens is 328 g/mol. The molecule has 1 aromatic carbocycles. The summed E-state index contributed by atoms with van der Waals surface area (Å²) in [4.78, 5) is 23.0. The van der Waals surface area contributed by atoms with Crippen LogP contribution in [0.25, 0.3) is 28.0 Å². The standard InChI is InChI=1S/C20H16N4O2/c25-19-5-2-7-23(19)16-3-1-4-17(10-16)24-13-22-18-9-15(11-21-20(18)24)14-6-8-26-12-14/h1,3-4,6,8-13H,2,5,7H2. The van der Waals surface area contributed by atoms with E-state index in [1.165, 1.54) is 0 Å². The van der Waals surface area contributed by atoms with Gasteiger partial charge in [0.05, 0.1) is 18.2 Å². The van der Waals surface area contributed by atoms with Crippen LogP contribution in [0.1, 0.15) is 12.8 Å². The van der Waals surface area contributed by atoms with Crippen molar-refractivity contribution in [1.29, 1.82) is 0 Å². The van der Waals surface area contributed by atoms with Crippen LogP contribution in [-0.4, -0.2) is 27.0 Å². The summed E-state index contributed by atoms with van der Waals surface area (Å²) in [5.74, 6) is 0.181. The molecule has 0 radical (unpaired) electrons. The molecule has 1 fully saturated rings. The lowest BCUT2D eigenvalue weighted by molar-refractivity contribution is -0.117. The number of anilines is 1. The van der Waals surface area contributed by atoms with Crippen molar-refractivity contribution in [1.82, 2.24) is 14.5 Å². The number of furan rings is 1. The summed E-state index contributed by atoms with van der Waals surface area (Å²) in [6.07, 6.45) is 8.45. The van der Waals surface area contributed by atoms with Gasteiger partial charge in [0.25, 0.3) is 0 Å². The van der Waals surface area contributed by atoms with Crippen molar-refractivity contribution in [3.05, 3.63) is 61.4 Å². The summed E-state index contributed by atoms with van der Waals surface area (Å²) in [5, 5.41) is 0. The third-order valence-electron chi connectivity index (χ3n) is 4.74. The number of fused-ring (bicyclic) bond motifs is 1. The maximum absolute atomic E-state index is 12.0. The quantitative estimate of drug-likeness (QED) is 0.567. The molecule has 1 saturated heterocycles. The van der Waals surface area contributed by atoms with Gasteiger partial charge in [0.1, 0.15) is 11.8 Å². The molecule has 0 atom stereocenters. The van der Waals surface area contributed by atoms with E-state index in [4.69, 9.17) is 4.42 Å². The molecule has 128 valence electrons. The second-order valence-corrected chi connectivity index (χ2v) is 6.36. The first kappa shape index (κ1) is 14.9. The van der Waals surface area contributed by atoms with Gasteiger partial charge in [-0.05, 0) is 36.8 Å². The zero-order valence-corrected chi connectivity index (χ0v) is 14.0. The molecular formula is C20H16N4O2. The van der Waals surface area contributed by atoms with E-state index in [1.54, 1.807) is 18.9 Å². The number of rotatable bonds is 3. The van der Waals surface area contributed by atoms with Gasteiger partial charge in [0.2, 0.25) is 5.91 Å². The lowest BCUT2D eigenvalue weighted by Gasteiger charge is -2.16. The van der Waals surface area contributed by atoms with Gasteiger partial charge in [-0.2, -0.15) is 0 Å². The van der Waals surface area contributed by atoms with Crippen LogP contribution in [0.15, 0.2) is 65.9 Å². The molecule has 0 unspecified atom stereocenters. The fourth-order valence-electron chi connectivity index (χ4n) is 3.41. The van der Waals surface area contributed by atoms with Crippen molar-refractivity contribution in [3.8, 4) is 16.8 Å². The van der Waals surface area contributed by atoms with Gasteiger partial charge in [0, 0.05) is 36.0 Å². The van der Waals surface area contributed by atoms with E-state index in [0.717, 1.165) is 46.6 Å². The minimum absolute atomic E-state index is 0.181. The van der Waals surface area contributed by atoms with Gasteiger partial charge < -0.3 is 9.32 Å². The second kappa shape index (κ2) is 5.84. The number of carbonyl (C=O) groups is 1. The molecule has 0 aliphatic carbocycles. The second-order valence-electron chi connectivity index (χ2n) is 6.36. The molecule has 3 aromatic heterocycles. The van der Waals surface area contributed by atoms with Crippen LogP contribution in [0.3, 0.4) is 0 Å². The summed E-state index contributed by atoms with van der Waals surface area (Å²) in [6.45, 7) is 0.777. The molecule has 6 nitrogen and oxygen atoms in total. The Balaban J connectivity index is 1.56. The zero-order valence-electron chi connectivity index (χ0n) is 14.0. The summed E-state index contributed by atoms with van der Waals surface area (Å²) in [7, 11) is 0. The molecule has 1 aliphatic rings. The molecule has 26 heavy (non-hydrogen) atoms. The zero-order chi connectivity index (χ0) is 17.5. The number of aromatic nitrogens is 3. The van der Waals surface area contributed by atoms with E-state index in [2.05, 4.69) is 9.97 Å². The number of hydrogen-bond donors (Lipinski definition) is 0. The maximum atomic E-state index is 12.0. The van der Waals surface area contributed by atoms with E-state index in [0.29, 0.717) is 6.42 Å². The molecule has 1 aliphatic heterocycles. The fraction of sp³-hybridized carbons (Fsp3) is 0.150. The van der Waals surface area contributed by atoms with Gasteiger partial charge >= 0.3 is 0 Å². The van der Waals surface area contributed by atoms with Crippen molar-refractivity contribution >= 4 is 22.8 Å². The predicted octanol–water partition coefficient (Wildman–Crippen LogP) is 3.81. The van der Waals surface area contributed by atoms with E-state index in [1.807, 2.05) is 52.1 Å². The van der Waals surface area contributed by atoms with Crippen LogP contribution in [0, 0.1) is 0 Å². The fourth-order valence-corrected chi connectivity index (χ4v) is 3.41. The smallest absolute Gasteiger partial charge is 0.227 e. The van der Waals surface area contributed by atoms with Crippen LogP contribution in [0.4, 0.5) is 5.69 Å². The van der Waals surface area contributed by atoms with Gasteiger partial charge in [0.15, 0.2) is 5.65 Å². The Morgan fingerprint density at radius 3 is 2.77 bits per heavy atom. The summed E-state index contributed by atoms with van der Waals surface area (Å²) >= 11 is 0. The number of imidazole rings is 1. The Hall–Kier alpha value is -3.41. The molecule has 0 spiro atoms. The molecule has 1 amide bonds. The number of carbonyl (C=O) groups excluding carboxylic acids is 1. The minimum Gasteiger partial charge on any atom is -0.472 e. The van der Waals surface area contributed by atoms with E-state index in [-0.39, 0.29) is 5.91 Å². The summed E-state index contributed by atoms with van der Waals surface area (Å²) < 4.78 is 7.08. The van der Waals surface area contributed by atoms with Crippen molar-refractivity contribution < 1.29 is 9.21 Å². The Labute approximate surface area is 149 Å². The van der Waals surface area contributed by atoms with Gasteiger partial charge in [-0.3, -0.25) is 9.36 Å². The maximum Gasteiger partial charge on any atom is 0.227 e. The number of nitrogens with zero attached hydrogens (tertiary/aromatic N) is 4. The topological polar surface area (TPSA) is 64.2 Å². The first-order chi connectivity index (χ1) is 12.8. The monoisotopic (exact) mass is 344 g/mol. The number of hydrogen-bond acceptors (Lipinski definition) is 4. The van der Waals surface area contributed by atoms with Gasteiger partial charge in [-0.1, -0.05) is 6.07 Å². The van der Waals surface area contributed by atoms with Crippen LogP contribution in [0.2, 0.25) is 0 Å². The highest BCUT2D eigenvalue weighted by Gasteiger charge is 2.22. The molecule has 0 saturated carbocycles. The molecule has 6 heteroatoms. The van der Waals surface area contributed by atoms with Crippen LogP contribution < -0.4 is 4.90 Å². The number of pyridine rings is 1. The van der Waals surface area contributed by atoms with Crippen molar-refractivity contribution in [2.75, 3.05) is 11.4 Å². The predicted molar refractivity (Wildman–Crippen MR) is 98.2 cm³/mol.